The number of carbonyl (C=O) groups is 1. The van der Waals surface area contributed by atoms with Crippen molar-refractivity contribution in [2.24, 2.45) is 7.05 Å². The molecule has 112 valence electrons. The van der Waals surface area contributed by atoms with E-state index in [1.807, 2.05) is 0 Å². The molecule has 1 aromatic carbocycles. The molecule has 0 atom stereocenters. The van der Waals surface area contributed by atoms with Crippen molar-refractivity contribution in [3.05, 3.63) is 40.2 Å². The number of hydrogen-bond acceptors (Lipinski definition) is 6. The Morgan fingerprint density at radius 3 is 2.95 bits per heavy atom. The summed E-state index contributed by atoms with van der Waals surface area (Å²) in [6.07, 6.45) is 6.55. The Hall–Kier alpha value is -2.86. The smallest absolute Gasteiger partial charge is 0.284 e. The van der Waals surface area contributed by atoms with Crippen LogP contribution in [0, 0.1) is 22.5 Å². The van der Waals surface area contributed by atoms with Crippen LogP contribution in [0.4, 0.5) is 5.69 Å². The molecule has 0 aliphatic heterocycles. The SMILES string of the molecule is C#CCNC(=O)c1ccc(Sc2nncn2C)c([N+](=O)[O-])c1. The maximum atomic E-state index is 11.8. The van der Waals surface area contributed by atoms with Crippen LogP contribution in [-0.4, -0.2) is 32.1 Å². The Morgan fingerprint density at radius 1 is 1.59 bits per heavy atom. The van der Waals surface area contributed by atoms with E-state index in [0.29, 0.717) is 10.1 Å². The van der Waals surface area contributed by atoms with E-state index < -0.39 is 10.8 Å². The van der Waals surface area contributed by atoms with Gasteiger partial charge in [0, 0.05) is 18.7 Å². The van der Waals surface area contributed by atoms with Gasteiger partial charge in [0.1, 0.15) is 6.33 Å². The highest BCUT2D eigenvalue weighted by molar-refractivity contribution is 7.99. The second kappa shape index (κ2) is 6.73. The van der Waals surface area contributed by atoms with Crippen LogP contribution in [0.5, 0.6) is 0 Å². The van der Waals surface area contributed by atoms with Gasteiger partial charge in [-0.15, -0.1) is 16.6 Å². The number of nitrogens with zero attached hydrogens (tertiary/aromatic N) is 4. The second-order valence-electron chi connectivity index (χ2n) is 4.15. The largest absolute Gasteiger partial charge is 0.341 e. The lowest BCUT2D eigenvalue weighted by Gasteiger charge is -2.05. The zero-order chi connectivity index (χ0) is 16.1. The summed E-state index contributed by atoms with van der Waals surface area (Å²) in [6.45, 7) is 0.0576. The van der Waals surface area contributed by atoms with Crippen molar-refractivity contribution in [2.45, 2.75) is 10.1 Å². The Labute approximate surface area is 130 Å². The van der Waals surface area contributed by atoms with E-state index in [0.717, 1.165) is 11.8 Å². The summed E-state index contributed by atoms with van der Waals surface area (Å²) in [5, 5.41) is 21.7. The van der Waals surface area contributed by atoms with Crippen LogP contribution < -0.4 is 5.32 Å². The van der Waals surface area contributed by atoms with Gasteiger partial charge in [-0.25, -0.2) is 0 Å². The number of amides is 1. The molecule has 0 spiro atoms. The molecule has 1 amide bonds. The summed E-state index contributed by atoms with van der Waals surface area (Å²) in [5.41, 5.74) is -0.00868. The lowest BCUT2D eigenvalue weighted by molar-refractivity contribution is -0.387. The Bertz CT molecular complexity index is 765. The molecular formula is C13H11N5O3S. The number of aromatic nitrogens is 3. The van der Waals surface area contributed by atoms with Gasteiger partial charge < -0.3 is 9.88 Å². The van der Waals surface area contributed by atoms with E-state index in [9.17, 15) is 14.9 Å². The van der Waals surface area contributed by atoms with Crippen molar-refractivity contribution in [2.75, 3.05) is 6.54 Å². The average Bonchev–Trinajstić information content (AvgIpc) is 2.90. The van der Waals surface area contributed by atoms with E-state index in [-0.39, 0.29) is 17.8 Å². The fourth-order valence-corrected chi connectivity index (χ4v) is 2.43. The maximum Gasteiger partial charge on any atom is 0.284 e. The number of terminal acetylenes is 1. The predicted octanol–water partition coefficient (Wildman–Crippen LogP) is 1.24. The number of carbonyl (C=O) groups excluding carboxylic acids is 1. The van der Waals surface area contributed by atoms with Gasteiger partial charge in [0.25, 0.3) is 11.6 Å². The third-order valence-electron chi connectivity index (χ3n) is 2.64. The number of rotatable bonds is 5. The minimum absolute atomic E-state index is 0.0576. The van der Waals surface area contributed by atoms with Crippen LogP contribution in [0.15, 0.2) is 34.6 Å². The van der Waals surface area contributed by atoms with Crippen LogP contribution in [0.1, 0.15) is 10.4 Å². The summed E-state index contributed by atoms with van der Waals surface area (Å²) in [4.78, 5) is 22.8. The molecule has 0 saturated carbocycles. The molecule has 22 heavy (non-hydrogen) atoms. The molecule has 1 heterocycles. The van der Waals surface area contributed by atoms with E-state index in [1.165, 1.54) is 24.5 Å². The fourth-order valence-electron chi connectivity index (χ4n) is 1.58. The molecule has 1 N–H and O–H groups in total. The Balaban J connectivity index is 2.32. The van der Waals surface area contributed by atoms with Crippen LogP contribution in [0.3, 0.4) is 0 Å². The molecule has 2 rings (SSSR count). The van der Waals surface area contributed by atoms with Gasteiger partial charge in [-0.05, 0) is 23.9 Å². The highest BCUT2D eigenvalue weighted by Crippen LogP contribution is 2.34. The number of benzene rings is 1. The molecule has 0 fully saturated rings. The second-order valence-corrected chi connectivity index (χ2v) is 5.16. The molecule has 0 radical (unpaired) electrons. The molecule has 0 aliphatic rings. The van der Waals surface area contributed by atoms with Gasteiger partial charge in [-0.2, -0.15) is 0 Å². The summed E-state index contributed by atoms with van der Waals surface area (Å²) in [6, 6.07) is 4.21. The molecule has 0 saturated heterocycles. The van der Waals surface area contributed by atoms with E-state index in [1.54, 1.807) is 11.6 Å². The van der Waals surface area contributed by atoms with Crippen LogP contribution in [-0.2, 0) is 7.05 Å². The van der Waals surface area contributed by atoms with Gasteiger partial charge in [0.15, 0.2) is 5.16 Å². The third-order valence-corrected chi connectivity index (χ3v) is 3.76. The van der Waals surface area contributed by atoms with E-state index in [2.05, 4.69) is 21.4 Å². The number of aryl methyl sites for hydroxylation is 1. The number of nitrogens with one attached hydrogen (secondary N) is 1. The zero-order valence-corrected chi connectivity index (χ0v) is 12.3. The number of nitro groups is 1. The third kappa shape index (κ3) is 3.42. The molecule has 9 heteroatoms. The van der Waals surface area contributed by atoms with Crippen LogP contribution in [0.2, 0.25) is 0 Å². The molecule has 0 unspecified atom stereocenters. The zero-order valence-electron chi connectivity index (χ0n) is 11.5. The molecule has 0 bridgehead atoms. The fraction of sp³-hybridized carbons (Fsp3) is 0.154. The monoisotopic (exact) mass is 317 g/mol. The van der Waals surface area contributed by atoms with E-state index >= 15 is 0 Å². The van der Waals surface area contributed by atoms with Gasteiger partial charge >= 0.3 is 0 Å². The summed E-state index contributed by atoms with van der Waals surface area (Å²) < 4.78 is 1.64. The molecule has 0 aliphatic carbocycles. The molecule has 2 aromatic rings. The lowest BCUT2D eigenvalue weighted by atomic mass is 10.2. The quantitative estimate of drug-likeness (QED) is 0.505. The van der Waals surface area contributed by atoms with Gasteiger partial charge in [-0.3, -0.25) is 14.9 Å². The maximum absolute atomic E-state index is 11.8. The first-order valence-electron chi connectivity index (χ1n) is 6.05. The Morgan fingerprint density at radius 2 is 2.36 bits per heavy atom. The first kappa shape index (κ1) is 15.5. The summed E-state index contributed by atoms with van der Waals surface area (Å²) in [7, 11) is 1.73. The first-order valence-corrected chi connectivity index (χ1v) is 6.86. The lowest BCUT2D eigenvalue weighted by Crippen LogP contribution is -2.23. The van der Waals surface area contributed by atoms with Gasteiger partial charge in [-0.1, -0.05) is 5.92 Å². The van der Waals surface area contributed by atoms with Gasteiger partial charge in [0.05, 0.1) is 16.4 Å². The van der Waals surface area contributed by atoms with Crippen molar-refractivity contribution in [1.82, 2.24) is 20.1 Å². The number of nitro benzene ring substituents is 1. The first-order chi connectivity index (χ1) is 10.5. The summed E-state index contributed by atoms with van der Waals surface area (Å²) in [5.74, 6) is 1.80. The van der Waals surface area contributed by atoms with Gasteiger partial charge in [0.2, 0.25) is 0 Å². The average molecular weight is 317 g/mol. The topological polar surface area (TPSA) is 103 Å². The molecule has 8 nitrogen and oxygen atoms in total. The number of hydrogen-bond donors (Lipinski definition) is 1. The standard InChI is InChI=1S/C13H11N5O3S/c1-3-6-14-12(19)9-4-5-11(10(7-9)18(20)21)22-13-16-15-8-17(13)2/h1,4-5,7-8H,6H2,2H3,(H,14,19). The van der Waals surface area contributed by atoms with Crippen molar-refractivity contribution in [1.29, 1.82) is 0 Å². The van der Waals surface area contributed by atoms with Crippen molar-refractivity contribution in [3.8, 4) is 12.3 Å². The Kier molecular flexibility index (Phi) is 4.75. The van der Waals surface area contributed by atoms with Crippen molar-refractivity contribution >= 4 is 23.4 Å². The summed E-state index contributed by atoms with van der Waals surface area (Å²) >= 11 is 1.10. The highest BCUT2D eigenvalue weighted by atomic mass is 32.2. The molecular weight excluding hydrogens is 306 g/mol. The van der Waals surface area contributed by atoms with Crippen LogP contribution in [0.25, 0.3) is 0 Å². The van der Waals surface area contributed by atoms with Crippen molar-refractivity contribution < 1.29 is 9.72 Å². The molecule has 1 aromatic heterocycles. The minimum atomic E-state index is -0.545. The minimum Gasteiger partial charge on any atom is -0.341 e. The normalized spacial score (nSPS) is 10.0. The predicted molar refractivity (Wildman–Crippen MR) is 79.4 cm³/mol. The van der Waals surface area contributed by atoms with Crippen molar-refractivity contribution in [3.63, 3.8) is 0 Å². The van der Waals surface area contributed by atoms with E-state index in [4.69, 9.17) is 6.42 Å². The van der Waals surface area contributed by atoms with Crippen LogP contribution >= 0.6 is 11.8 Å². The highest BCUT2D eigenvalue weighted by Gasteiger charge is 2.19.